The maximum atomic E-state index is 12.3. The summed E-state index contributed by atoms with van der Waals surface area (Å²) in [5.41, 5.74) is -0.978. The van der Waals surface area contributed by atoms with Gasteiger partial charge in [0.1, 0.15) is 0 Å². The summed E-state index contributed by atoms with van der Waals surface area (Å²) < 4.78 is 0. The maximum absolute atomic E-state index is 12.3. The van der Waals surface area contributed by atoms with Gasteiger partial charge in [0.2, 0.25) is 5.91 Å². The molecule has 108 valence electrons. The summed E-state index contributed by atoms with van der Waals surface area (Å²) in [6, 6.07) is 1.04. The third-order valence-electron chi connectivity index (χ3n) is 4.67. The number of carbonyl (C=O) groups excluding carboxylic acids is 1. The van der Waals surface area contributed by atoms with Crippen LogP contribution in [-0.4, -0.2) is 59.0 Å². The van der Waals surface area contributed by atoms with Gasteiger partial charge in [-0.25, -0.2) is 0 Å². The molecule has 2 bridgehead atoms. The van der Waals surface area contributed by atoms with Gasteiger partial charge in [-0.1, -0.05) is 0 Å². The summed E-state index contributed by atoms with van der Waals surface area (Å²) in [5, 5.41) is 9.11. The van der Waals surface area contributed by atoms with Gasteiger partial charge in [0, 0.05) is 31.6 Å². The van der Waals surface area contributed by atoms with Crippen LogP contribution in [0.15, 0.2) is 0 Å². The Morgan fingerprint density at radius 3 is 2.47 bits per heavy atom. The van der Waals surface area contributed by atoms with E-state index in [4.69, 9.17) is 5.11 Å². The molecule has 1 amide bonds. The number of carboxylic acid groups (broad SMARTS) is 1. The van der Waals surface area contributed by atoms with E-state index >= 15 is 0 Å². The molecule has 0 radical (unpaired) electrons. The highest BCUT2D eigenvalue weighted by Gasteiger charge is 2.38. The second-order valence-corrected chi connectivity index (χ2v) is 6.54. The lowest BCUT2D eigenvalue weighted by molar-refractivity contribution is -0.151. The zero-order valence-corrected chi connectivity index (χ0v) is 12.1. The molecule has 2 aliphatic rings. The van der Waals surface area contributed by atoms with E-state index < -0.39 is 11.4 Å². The molecule has 2 fully saturated rings. The smallest absolute Gasteiger partial charge is 0.309 e. The molecule has 0 aromatic heterocycles. The van der Waals surface area contributed by atoms with Crippen molar-refractivity contribution in [3.8, 4) is 0 Å². The minimum absolute atomic E-state index is 0.0200. The van der Waals surface area contributed by atoms with Crippen molar-refractivity contribution in [2.24, 2.45) is 5.41 Å². The average Bonchev–Trinajstić information content (AvgIpc) is 2.51. The zero-order valence-electron chi connectivity index (χ0n) is 12.1. The molecule has 2 atom stereocenters. The SMILES string of the molecule is CN1C2CCC1CN(C(=O)CC(C)(C)C(=O)O)CC2. The number of likely N-dealkylation sites (N-methyl/N-ethyl adjacent to an activating group) is 1. The molecule has 2 aliphatic heterocycles. The van der Waals surface area contributed by atoms with Crippen molar-refractivity contribution in [3.63, 3.8) is 0 Å². The van der Waals surface area contributed by atoms with Crippen LogP contribution in [0.1, 0.15) is 39.5 Å². The van der Waals surface area contributed by atoms with Gasteiger partial charge in [0.25, 0.3) is 0 Å². The van der Waals surface area contributed by atoms with Crippen molar-refractivity contribution in [2.45, 2.75) is 51.6 Å². The van der Waals surface area contributed by atoms with E-state index in [9.17, 15) is 9.59 Å². The number of likely N-dealkylation sites (tertiary alicyclic amines) is 1. The molecule has 0 spiro atoms. The molecule has 0 aromatic rings. The molecule has 5 heteroatoms. The summed E-state index contributed by atoms with van der Waals surface area (Å²) in [6.07, 6.45) is 3.47. The predicted octanol–water partition coefficient (Wildman–Crippen LogP) is 1.18. The number of hydrogen-bond acceptors (Lipinski definition) is 3. The lowest BCUT2D eigenvalue weighted by atomic mass is 9.89. The van der Waals surface area contributed by atoms with E-state index in [-0.39, 0.29) is 12.3 Å². The molecule has 2 unspecified atom stereocenters. The highest BCUT2D eigenvalue weighted by Crippen LogP contribution is 2.30. The fourth-order valence-electron chi connectivity index (χ4n) is 3.10. The molecule has 1 N–H and O–H groups in total. The molecule has 5 nitrogen and oxygen atoms in total. The van der Waals surface area contributed by atoms with Gasteiger partial charge in [0.15, 0.2) is 0 Å². The van der Waals surface area contributed by atoms with E-state index in [0.29, 0.717) is 12.1 Å². The number of nitrogens with zero attached hydrogens (tertiary/aromatic N) is 2. The van der Waals surface area contributed by atoms with Crippen molar-refractivity contribution >= 4 is 11.9 Å². The standard InChI is InChI=1S/C14H24N2O3/c1-14(2,13(18)19)8-12(17)16-7-6-10-4-5-11(9-16)15(10)3/h10-11H,4-9H2,1-3H3,(H,18,19). The van der Waals surface area contributed by atoms with Crippen LogP contribution >= 0.6 is 0 Å². The highest BCUT2D eigenvalue weighted by molar-refractivity contribution is 5.84. The Morgan fingerprint density at radius 1 is 1.21 bits per heavy atom. The third-order valence-corrected chi connectivity index (χ3v) is 4.67. The van der Waals surface area contributed by atoms with Crippen LogP contribution in [0, 0.1) is 5.41 Å². The van der Waals surface area contributed by atoms with Crippen LogP contribution in [0.25, 0.3) is 0 Å². The first-order valence-electron chi connectivity index (χ1n) is 7.04. The van der Waals surface area contributed by atoms with Crippen molar-refractivity contribution in [1.29, 1.82) is 0 Å². The maximum Gasteiger partial charge on any atom is 0.309 e. The first-order valence-corrected chi connectivity index (χ1v) is 7.04. The first-order chi connectivity index (χ1) is 8.81. The van der Waals surface area contributed by atoms with Crippen molar-refractivity contribution in [3.05, 3.63) is 0 Å². The van der Waals surface area contributed by atoms with Gasteiger partial charge in [-0.3, -0.25) is 14.5 Å². The fraction of sp³-hybridized carbons (Fsp3) is 0.857. The lowest BCUT2D eigenvalue weighted by Crippen LogP contribution is -2.42. The van der Waals surface area contributed by atoms with Gasteiger partial charge in [-0.2, -0.15) is 0 Å². The van der Waals surface area contributed by atoms with Crippen LogP contribution < -0.4 is 0 Å². The van der Waals surface area contributed by atoms with Crippen LogP contribution in [0.2, 0.25) is 0 Å². The van der Waals surface area contributed by atoms with Crippen molar-refractivity contribution in [2.75, 3.05) is 20.1 Å². The molecule has 2 saturated heterocycles. The fourth-order valence-corrected chi connectivity index (χ4v) is 3.10. The van der Waals surface area contributed by atoms with Crippen LogP contribution in [0.4, 0.5) is 0 Å². The zero-order chi connectivity index (χ0) is 14.2. The molecule has 2 rings (SSSR count). The van der Waals surface area contributed by atoms with Crippen LogP contribution in [-0.2, 0) is 9.59 Å². The molecule has 0 saturated carbocycles. The highest BCUT2D eigenvalue weighted by atomic mass is 16.4. The van der Waals surface area contributed by atoms with E-state index in [0.717, 1.165) is 25.9 Å². The normalized spacial score (nSPS) is 28.3. The number of carbonyl (C=O) groups is 2. The molecule has 2 heterocycles. The van der Waals surface area contributed by atoms with Crippen LogP contribution in [0.3, 0.4) is 0 Å². The first kappa shape index (κ1) is 14.3. The van der Waals surface area contributed by atoms with Gasteiger partial charge in [-0.05, 0) is 40.2 Å². The largest absolute Gasteiger partial charge is 0.481 e. The lowest BCUT2D eigenvalue weighted by Gasteiger charge is -2.28. The summed E-state index contributed by atoms with van der Waals surface area (Å²) in [7, 11) is 2.14. The Balaban J connectivity index is 1.99. The second kappa shape index (κ2) is 5.12. The summed E-state index contributed by atoms with van der Waals surface area (Å²) >= 11 is 0. The molecule has 0 aliphatic carbocycles. The summed E-state index contributed by atoms with van der Waals surface area (Å²) in [5.74, 6) is -0.928. The second-order valence-electron chi connectivity index (χ2n) is 6.54. The Morgan fingerprint density at radius 2 is 1.84 bits per heavy atom. The van der Waals surface area contributed by atoms with Gasteiger partial charge in [0.05, 0.1) is 5.41 Å². The van der Waals surface area contributed by atoms with Gasteiger partial charge >= 0.3 is 5.97 Å². The third kappa shape index (κ3) is 2.91. The number of carboxylic acids is 1. The Hall–Kier alpha value is -1.10. The van der Waals surface area contributed by atoms with E-state index in [1.165, 1.54) is 6.42 Å². The number of fused-ring (bicyclic) bond motifs is 2. The number of amides is 1. The molecular weight excluding hydrogens is 244 g/mol. The minimum atomic E-state index is -0.978. The van der Waals surface area contributed by atoms with Gasteiger partial charge in [-0.15, -0.1) is 0 Å². The predicted molar refractivity (Wildman–Crippen MR) is 71.8 cm³/mol. The molecule has 0 aromatic carbocycles. The van der Waals surface area contributed by atoms with E-state index in [2.05, 4.69) is 11.9 Å². The van der Waals surface area contributed by atoms with E-state index in [1.54, 1.807) is 13.8 Å². The number of aliphatic carboxylic acids is 1. The van der Waals surface area contributed by atoms with Crippen molar-refractivity contribution in [1.82, 2.24) is 9.80 Å². The number of hydrogen-bond donors (Lipinski definition) is 1. The summed E-state index contributed by atoms with van der Waals surface area (Å²) in [6.45, 7) is 4.74. The topological polar surface area (TPSA) is 60.9 Å². The molecule has 19 heavy (non-hydrogen) atoms. The monoisotopic (exact) mass is 268 g/mol. The average molecular weight is 268 g/mol. The Bertz CT molecular complexity index is 381. The Kier molecular flexibility index (Phi) is 3.85. The number of rotatable bonds is 3. The van der Waals surface area contributed by atoms with E-state index in [1.807, 2.05) is 4.90 Å². The molecular formula is C14H24N2O3. The van der Waals surface area contributed by atoms with Crippen molar-refractivity contribution < 1.29 is 14.7 Å². The minimum Gasteiger partial charge on any atom is -0.481 e. The Labute approximate surface area is 114 Å². The van der Waals surface area contributed by atoms with Gasteiger partial charge < -0.3 is 10.0 Å². The van der Waals surface area contributed by atoms with Crippen LogP contribution in [0.5, 0.6) is 0 Å². The quantitative estimate of drug-likeness (QED) is 0.835. The summed E-state index contributed by atoms with van der Waals surface area (Å²) in [4.78, 5) is 27.7.